The molecular weight excluding hydrogens is 466 g/mol. The molecule has 1 saturated carbocycles. The minimum atomic E-state index is -0.649. The molecule has 2 aromatic heterocycles. The lowest BCUT2D eigenvalue weighted by Crippen LogP contribution is -2.46. The van der Waals surface area contributed by atoms with Crippen molar-refractivity contribution in [2.24, 2.45) is 0 Å². The van der Waals surface area contributed by atoms with E-state index in [1.807, 2.05) is 4.90 Å². The number of pyridine rings is 1. The number of hydrogen-bond acceptors (Lipinski definition) is 6. The fourth-order valence-corrected chi connectivity index (χ4v) is 4.35. The fourth-order valence-electron chi connectivity index (χ4n) is 4.08. The Morgan fingerprint density at radius 1 is 1.24 bits per heavy atom. The van der Waals surface area contributed by atoms with Crippen LogP contribution in [0.5, 0.6) is 0 Å². The largest absolute Gasteiger partial charge is 0.368 e. The summed E-state index contributed by atoms with van der Waals surface area (Å²) < 4.78 is 29.6. The molecule has 1 aliphatic heterocycles. The van der Waals surface area contributed by atoms with E-state index < -0.39 is 23.1 Å². The maximum Gasteiger partial charge on any atom is 0.273 e. The van der Waals surface area contributed by atoms with E-state index in [1.54, 1.807) is 6.07 Å². The Labute approximate surface area is 198 Å². The smallest absolute Gasteiger partial charge is 0.273 e. The second kappa shape index (κ2) is 8.92. The van der Waals surface area contributed by atoms with Crippen LogP contribution in [0.2, 0.25) is 5.02 Å². The molecule has 1 aromatic carbocycles. The summed E-state index contributed by atoms with van der Waals surface area (Å²) in [5.41, 5.74) is 0.772. The molecule has 0 unspecified atom stereocenters. The first-order valence-electron chi connectivity index (χ1n) is 11.1. The highest BCUT2D eigenvalue weighted by atomic mass is 35.5. The third kappa shape index (κ3) is 4.47. The van der Waals surface area contributed by atoms with Crippen molar-refractivity contribution in [2.75, 3.05) is 31.1 Å². The summed E-state index contributed by atoms with van der Waals surface area (Å²) >= 11 is 6.31. The van der Waals surface area contributed by atoms with Gasteiger partial charge < -0.3 is 15.2 Å². The number of anilines is 1. The number of amides is 1. The minimum absolute atomic E-state index is 0.00379. The number of halogens is 3. The number of nitrogens with zero attached hydrogens (tertiary/aromatic N) is 4. The molecule has 2 fully saturated rings. The van der Waals surface area contributed by atoms with Gasteiger partial charge in [-0.15, -0.1) is 0 Å². The number of fused-ring (bicyclic) bond motifs is 1. The number of aromatic amines is 1. The van der Waals surface area contributed by atoms with Gasteiger partial charge in [0.1, 0.15) is 16.7 Å². The molecule has 1 amide bonds. The summed E-state index contributed by atoms with van der Waals surface area (Å²) in [5, 5.41) is 3.01. The van der Waals surface area contributed by atoms with Gasteiger partial charge in [0, 0.05) is 50.4 Å². The van der Waals surface area contributed by atoms with Gasteiger partial charge in [-0.3, -0.25) is 14.5 Å². The molecule has 3 heterocycles. The monoisotopic (exact) mass is 488 g/mol. The topological polar surface area (TPSA) is 94.2 Å². The Kier molecular flexibility index (Phi) is 5.95. The summed E-state index contributed by atoms with van der Waals surface area (Å²) in [7, 11) is 0. The van der Waals surface area contributed by atoms with Gasteiger partial charge in [0.2, 0.25) is 0 Å². The number of rotatable bonds is 5. The van der Waals surface area contributed by atoms with Crippen molar-refractivity contribution >= 4 is 34.2 Å². The Hall–Kier alpha value is -3.11. The van der Waals surface area contributed by atoms with Gasteiger partial charge in [-0.2, -0.15) is 0 Å². The quantitative estimate of drug-likeness (QED) is 0.573. The maximum atomic E-state index is 15.1. The first kappa shape index (κ1) is 22.7. The van der Waals surface area contributed by atoms with Gasteiger partial charge in [0.15, 0.2) is 17.3 Å². The van der Waals surface area contributed by atoms with Gasteiger partial charge in [-0.05, 0) is 25.8 Å². The van der Waals surface area contributed by atoms with E-state index >= 15 is 4.39 Å². The highest BCUT2D eigenvalue weighted by Crippen LogP contribution is 2.27. The Balaban J connectivity index is 1.26. The van der Waals surface area contributed by atoms with Crippen molar-refractivity contribution in [3.63, 3.8) is 0 Å². The molecule has 11 heteroatoms. The standard InChI is InChI=1S/C23H23ClF2N6O2/c1-12-22(33)30-21-18(26)13(8-16(24)19(21)28-12)11-31-4-6-32(7-5-31)15-9-17(25)20(27-10-15)23(34)29-14-2-3-14/h8-10,14H,2-7,11H2,1H3,(H,29,34)(H,30,33). The van der Waals surface area contributed by atoms with Gasteiger partial charge in [-0.1, -0.05) is 11.6 Å². The molecule has 0 spiro atoms. The number of H-pyrrole nitrogens is 1. The van der Waals surface area contributed by atoms with Crippen LogP contribution in [0.25, 0.3) is 11.0 Å². The third-order valence-corrected chi connectivity index (χ3v) is 6.49. The van der Waals surface area contributed by atoms with E-state index in [-0.39, 0.29) is 33.5 Å². The maximum absolute atomic E-state index is 15.1. The molecule has 1 saturated heterocycles. The number of carbonyl (C=O) groups excluding carboxylic acids is 1. The van der Waals surface area contributed by atoms with E-state index in [9.17, 15) is 14.0 Å². The van der Waals surface area contributed by atoms with E-state index in [1.165, 1.54) is 19.2 Å². The Morgan fingerprint density at radius 2 is 1.97 bits per heavy atom. The van der Waals surface area contributed by atoms with Crippen LogP contribution >= 0.6 is 11.6 Å². The molecule has 8 nitrogen and oxygen atoms in total. The van der Waals surface area contributed by atoms with Gasteiger partial charge in [0.25, 0.3) is 11.5 Å². The van der Waals surface area contributed by atoms with Crippen LogP contribution in [0.15, 0.2) is 23.1 Å². The van der Waals surface area contributed by atoms with Gasteiger partial charge >= 0.3 is 0 Å². The van der Waals surface area contributed by atoms with Crippen LogP contribution in [0.1, 0.15) is 34.6 Å². The molecule has 2 aliphatic rings. The second-order valence-electron chi connectivity index (χ2n) is 8.74. The van der Waals surface area contributed by atoms with Gasteiger partial charge in [0.05, 0.1) is 16.9 Å². The average Bonchev–Trinajstić information content (AvgIpc) is 3.63. The highest BCUT2D eigenvalue weighted by molar-refractivity contribution is 6.35. The minimum Gasteiger partial charge on any atom is -0.368 e. The van der Waals surface area contributed by atoms with E-state index in [0.717, 1.165) is 12.8 Å². The van der Waals surface area contributed by atoms with Crippen molar-refractivity contribution in [1.82, 2.24) is 25.2 Å². The van der Waals surface area contributed by atoms with Crippen molar-refractivity contribution in [3.05, 3.63) is 62.3 Å². The van der Waals surface area contributed by atoms with E-state index in [2.05, 4.69) is 25.2 Å². The fraction of sp³-hybridized carbons (Fsp3) is 0.391. The highest BCUT2D eigenvalue weighted by Gasteiger charge is 2.27. The normalized spacial score (nSPS) is 16.8. The summed E-state index contributed by atoms with van der Waals surface area (Å²) in [6.45, 7) is 4.20. The lowest BCUT2D eigenvalue weighted by molar-refractivity contribution is 0.0941. The summed E-state index contributed by atoms with van der Waals surface area (Å²) in [6, 6.07) is 3.00. The molecule has 0 bridgehead atoms. The van der Waals surface area contributed by atoms with Crippen LogP contribution in [-0.4, -0.2) is 58.0 Å². The average molecular weight is 489 g/mol. The first-order valence-corrected chi connectivity index (χ1v) is 11.5. The van der Waals surface area contributed by atoms with Crippen LogP contribution in [-0.2, 0) is 6.54 Å². The Morgan fingerprint density at radius 3 is 2.65 bits per heavy atom. The van der Waals surface area contributed by atoms with Gasteiger partial charge in [-0.25, -0.2) is 18.7 Å². The number of carbonyl (C=O) groups is 1. The first-order chi connectivity index (χ1) is 16.3. The molecule has 2 N–H and O–H groups in total. The zero-order valence-corrected chi connectivity index (χ0v) is 19.3. The second-order valence-corrected chi connectivity index (χ2v) is 9.15. The lowest BCUT2D eigenvalue weighted by atomic mass is 10.1. The molecule has 178 valence electrons. The summed E-state index contributed by atoms with van der Waals surface area (Å²) in [5.74, 6) is -1.68. The number of aryl methyl sites for hydroxylation is 1. The number of nitrogens with one attached hydrogen (secondary N) is 2. The van der Waals surface area contributed by atoms with Crippen LogP contribution < -0.4 is 15.8 Å². The molecule has 34 heavy (non-hydrogen) atoms. The van der Waals surface area contributed by atoms with Crippen molar-refractivity contribution in [1.29, 1.82) is 0 Å². The molecule has 0 radical (unpaired) electrons. The van der Waals surface area contributed by atoms with Crippen LogP contribution in [0, 0.1) is 18.6 Å². The number of benzene rings is 1. The Bertz CT molecular complexity index is 1340. The predicted octanol–water partition coefficient (Wildman–Crippen LogP) is 2.77. The van der Waals surface area contributed by atoms with Crippen LogP contribution in [0.4, 0.5) is 14.5 Å². The molecule has 5 rings (SSSR count). The number of piperazine rings is 1. The third-order valence-electron chi connectivity index (χ3n) is 6.20. The van der Waals surface area contributed by atoms with Crippen molar-refractivity contribution in [2.45, 2.75) is 32.4 Å². The van der Waals surface area contributed by atoms with Crippen molar-refractivity contribution in [3.8, 4) is 0 Å². The number of aromatic nitrogens is 3. The summed E-state index contributed by atoms with van der Waals surface area (Å²) in [6.07, 6.45) is 3.34. The molecule has 0 atom stereocenters. The SMILES string of the molecule is Cc1nc2c(Cl)cc(CN3CCN(c4cnc(C(=O)NC5CC5)c(F)c4)CC3)c(F)c2[nH]c1=O. The van der Waals surface area contributed by atoms with E-state index in [0.29, 0.717) is 44.0 Å². The van der Waals surface area contributed by atoms with Crippen molar-refractivity contribution < 1.29 is 13.6 Å². The zero-order chi connectivity index (χ0) is 24.0. The van der Waals surface area contributed by atoms with E-state index in [4.69, 9.17) is 11.6 Å². The molecule has 1 aliphatic carbocycles. The predicted molar refractivity (Wildman–Crippen MR) is 124 cm³/mol. The summed E-state index contributed by atoms with van der Waals surface area (Å²) in [4.78, 5) is 38.7. The molecular formula is C23H23ClF2N6O2. The lowest BCUT2D eigenvalue weighted by Gasteiger charge is -2.36. The molecule has 3 aromatic rings. The van der Waals surface area contributed by atoms with Crippen LogP contribution in [0.3, 0.4) is 0 Å². The number of hydrogen-bond donors (Lipinski definition) is 2. The zero-order valence-electron chi connectivity index (χ0n) is 18.5.